The van der Waals surface area contributed by atoms with Crippen molar-refractivity contribution in [1.29, 1.82) is 0 Å². The number of hydrogen-bond donors (Lipinski definition) is 3. The minimum atomic E-state index is -0.529. The van der Waals surface area contributed by atoms with Crippen molar-refractivity contribution >= 4 is 22.6 Å². The van der Waals surface area contributed by atoms with E-state index in [0.717, 1.165) is 22.3 Å². The molecule has 9 heteroatoms. The molecule has 1 fully saturated rings. The molecular formula is C21H25N5O4. The number of nitrogens with two attached hydrogens (primary N) is 1. The van der Waals surface area contributed by atoms with Crippen molar-refractivity contribution in [2.45, 2.75) is 19.3 Å². The Labute approximate surface area is 173 Å². The van der Waals surface area contributed by atoms with Crippen molar-refractivity contribution in [3.63, 3.8) is 0 Å². The van der Waals surface area contributed by atoms with Gasteiger partial charge in [0.15, 0.2) is 0 Å². The minimum Gasteiger partial charge on any atom is -0.497 e. The number of morpholine rings is 1. The molecule has 0 spiro atoms. The Morgan fingerprint density at radius 1 is 1.30 bits per heavy atom. The lowest BCUT2D eigenvalue weighted by Gasteiger charge is -2.31. The van der Waals surface area contributed by atoms with Gasteiger partial charge < -0.3 is 25.2 Å². The van der Waals surface area contributed by atoms with Gasteiger partial charge in [0.1, 0.15) is 11.6 Å². The maximum atomic E-state index is 12.6. The molecule has 3 aromatic rings. The van der Waals surface area contributed by atoms with Crippen molar-refractivity contribution in [2.75, 3.05) is 38.3 Å². The van der Waals surface area contributed by atoms with Gasteiger partial charge in [-0.15, -0.1) is 0 Å². The molecule has 1 saturated heterocycles. The first-order valence-electron chi connectivity index (χ1n) is 9.84. The smallest absolute Gasteiger partial charge is 0.267 e. The number of pyridine rings is 1. The molecule has 4 N–H and O–H groups in total. The summed E-state index contributed by atoms with van der Waals surface area (Å²) < 4.78 is 10.8. The number of anilines is 1. The van der Waals surface area contributed by atoms with E-state index in [1.807, 2.05) is 24.3 Å². The zero-order valence-corrected chi connectivity index (χ0v) is 17.0. The summed E-state index contributed by atoms with van der Waals surface area (Å²) >= 11 is 0. The molecule has 9 nitrogen and oxygen atoms in total. The van der Waals surface area contributed by atoms with Crippen LogP contribution in [0.3, 0.4) is 0 Å². The molecule has 30 heavy (non-hydrogen) atoms. The summed E-state index contributed by atoms with van der Waals surface area (Å²) in [6, 6.07) is 7.64. The Hall–Kier alpha value is -3.33. The lowest BCUT2D eigenvalue weighted by molar-refractivity contribution is -0.118. The number of rotatable bonds is 6. The van der Waals surface area contributed by atoms with Gasteiger partial charge >= 0.3 is 0 Å². The van der Waals surface area contributed by atoms with Crippen LogP contribution in [-0.4, -0.2) is 54.5 Å². The van der Waals surface area contributed by atoms with Crippen molar-refractivity contribution in [1.82, 2.24) is 15.2 Å². The zero-order valence-electron chi connectivity index (χ0n) is 17.0. The van der Waals surface area contributed by atoms with E-state index in [9.17, 15) is 9.59 Å². The van der Waals surface area contributed by atoms with Gasteiger partial charge in [-0.05, 0) is 31.2 Å². The van der Waals surface area contributed by atoms with Crippen LogP contribution in [0.15, 0.2) is 29.1 Å². The number of aromatic nitrogens is 3. The number of carbonyl (C=O) groups is 1. The summed E-state index contributed by atoms with van der Waals surface area (Å²) in [7, 11) is 1.61. The van der Waals surface area contributed by atoms with Crippen LogP contribution < -0.4 is 20.9 Å². The van der Waals surface area contributed by atoms with Crippen molar-refractivity contribution in [3.8, 4) is 5.75 Å². The maximum Gasteiger partial charge on any atom is 0.267 e. The highest BCUT2D eigenvalue weighted by Gasteiger charge is 2.29. The van der Waals surface area contributed by atoms with Gasteiger partial charge in [0, 0.05) is 47.6 Å². The quantitative estimate of drug-likeness (QED) is 0.563. The molecule has 158 valence electrons. The lowest BCUT2D eigenvalue weighted by Crippen LogP contribution is -2.38. The Morgan fingerprint density at radius 3 is 2.70 bits per heavy atom. The number of ether oxygens (including phenoxy) is 2. The number of fused-ring (bicyclic) bond motifs is 1. The number of hydrogen-bond acceptors (Lipinski definition) is 6. The van der Waals surface area contributed by atoms with Crippen LogP contribution >= 0.6 is 0 Å². The molecule has 0 radical (unpaired) electrons. The summed E-state index contributed by atoms with van der Waals surface area (Å²) in [5.74, 6) is 0.427. The summed E-state index contributed by atoms with van der Waals surface area (Å²) in [5.41, 5.74) is 8.07. The number of methoxy groups -OCH3 is 1. The van der Waals surface area contributed by atoms with Gasteiger partial charge in [-0.2, -0.15) is 0 Å². The Kier molecular flexibility index (Phi) is 5.45. The highest BCUT2D eigenvalue weighted by atomic mass is 16.5. The van der Waals surface area contributed by atoms with E-state index >= 15 is 0 Å². The van der Waals surface area contributed by atoms with Gasteiger partial charge in [0.05, 0.1) is 25.8 Å². The van der Waals surface area contributed by atoms with Crippen LogP contribution in [0.4, 0.5) is 5.82 Å². The summed E-state index contributed by atoms with van der Waals surface area (Å²) in [4.78, 5) is 31.6. The molecule has 1 amide bonds. The van der Waals surface area contributed by atoms with E-state index < -0.39 is 11.8 Å². The standard InChI is InChI=1S/C21H25N5O4/c1-12-19(21(28)25-24-12)15(11-18(22)27)16-10-13-9-14(29-2)3-4-17(13)23-20(16)26-5-7-30-8-6-26/h3-4,9-10,15H,5-8,11H2,1-2H3,(H2,22,27)(H2,24,25,28). The van der Waals surface area contributed by atoms with Crippen LogP contribution in [0.1, 0.15) is 29.2 Å². The second kappa shape index (κ2) is 8.19. The molecule has 1 unspecified atom stereocenters. The number of primary amides is 1. The Bertz CT molecular complexity index is 1130. The third-order valence-electron chi connectivity index (χ3n) is 5.48. The normalized spacial score (nSPS) is 15.3. The van der Waals surface area contributed by atoms with Gasteiger partial charge in [-0.1, -0.05) is 0 Å². The molecule has 1 aliphatic rings. The van der Waals surface area contributed by atoms with Crippen LogP contribution in [0, 0.1) is 6.92 Å². The van der Waals surface area contributed by atoms with Crippen molar-refractivity contribution < 1.29 is 14.3 Å². The molecule has 0 saturated carbocycles. The third-order valence-corrected chi connectivity index (χ3v) is 5.48. The number of H-pyrrole nitrogens is 2. The van der Waals surface area contributed by atoms with E-state index in [0.29, 0.717) is 43.3 Å². The number of amides is 1. The van der Waals surface area contributed by atoms with Gasteiger partial charge in [-0.3, -0.25) is 14.7 Å². The SMILES string of the molecule is COc1ccc2nc(N3CCOCC3)c(C(CC(N)=O)c3c(C)[nH][nH]c3=O)cc2c1. The molecule has 1 aliphatic heterocycles. The van der Waals surface area contributed by atoms with E-state index in [-0.39, 0.29) is 12.0 Å². The van der Waals surface area contributed by atoms with Crippen molar-refractivity contribution in [3.05, 3.63) is 51.4 Å². The van der Waals surface area contributed by atoms with E-state index in [4.69, 9.17) is 20.2 Å². The molecule has 1 aromatic carbocycles. The van der Waals surface area contributed by atoms with Crippen LogP contribution in [0.2, 0.25) is 0 Å². The number of aromatic amines is 2. The average Bonchev–Trinajstić information content (AvgIpc) is 3.09. The van der Waals surface area contributed by atoms with E-state index in [2.05, 4.69) is 15.1 Å². The highest BCUT2D eigenvalue weighted by molar-refractivity contribution is 5.85. The fourth-order valence-corrected chi connectivity index (χ4v) is 4.02. The second-order valence-corrected chi connectivity index (χ2v) is 7.40. The fourth-order valence-electron chi connectivity index (χ4n) is 4.02. The summed E-state index contributed by atoms with van der Waals surface area (Å²) in [6.07, 6.45) is -0.00370. The zero-order chi connectivity index (χ0) is 21.3. The molecule has 3 heterocycles. The monoisotopic (exact) mass is 411 g/mol. The van der Waals surface area contributed by atoms with E-state index in [1.54, 1.807) is 14.0 Å². The summed E-state index contributed by atoms with van der Waals surface area (Å²) in [5, 5.41) is 6.32. The highest BCUT2D eigenvalue weighted by Crippen LogP contribution is 2.36. The number of carbonyl (C=O) groups excluding carboxylic acids is 1. The molecular weight excluding hydrogens is 386 g/mol. The summed E-state index contributed by atoms with van der Waals surface area (Å²) in [6.45, 7) is 4.33. The number of aryl methyl sites for hydroxylation is 1. The van der Waals surface area contributed by atoms with Crippen molar-refractivity contribution in [2.24, 2.45) is 5.73 Å². The molecule has 2 aromatic heterocycles. The first kappa shape index (κ1) is 20.0. The lowest BCUT2D eigenvalue weighted by atomic mass is 9.87. The number of benzene rings is 1. The van der Waals surface area contributed by atoms with Crippen LogP contribution in [0.25, 0.3) is 10.9 Å². The first-order chi connectivity index (χ1) is 14.5. The Morgan fingerprint density at radius 2 is 2.07 bits per heavy atom. The first-order valence-corrected chi connectivity index (χ1v) is 9.84. The Balaban J connectivity index is 1.96. The number of nitrogens with zero attached hydrogens (tertiary/aromatic N) is 2. The largest absolute Gasteiger partial charge is 0.497 e. The predicted octanol–water partition coefficient (Wildman–Crippen LogP) is 1.41. The molecule has 0 bridgehead atoms. The topological polar surface area (TPSA) is 126 Å². The predicted molar refractivity (Wildman–Crippen MR) is 113 cm³/mol. The second-order valence-electron chi connectivity index (χ2n) is 7.40. The van der Waals surface area contributed by atoms with E-state index in [1.165, 1.54) is 0 Å². The third kappa shape index (κ3) is 3.76. The average molecular weight is 411 g/mol. The molecule has 0 aliphatic carbocycles. The maximum absolute atomic E-state index is 12.6. The van der Waals surface area contributed by atoms with Gasteiger partial charge in [-0.25, -0.2) is 4.98 Å². The minimum absolute atomic E-state index is 0.00370. The fraction of sp³-hybridized carbons (Fsp3) is 0.381. The molecule has 1 atom stereocenters. The number of nitrogens with one attached hydrogen (secondary N) is 2. The van der Waals surface area contributed by atoms with Crippen LogP contribution in [-0.2, 0) is 9.53 Å². The van der Waals surface area contributed by atoms with Gasteiger partial charge in [0.25, 0.3) is 5.56 Å². The molecule has 4 rings (SSSR count). The van der Waals surface area contributed by atoms with Gasteiger partial charge in [0.2, 0.25) is 5.91 Å². The van der Waals surface area contributed by atoms with Crippen LogP contribution in [0.5, 0.6) is 5.75 Å².